The molecule has 0 radical (unpaired) electrons. The van der Waals surface area contributed by atoms with E-state index in [4.69, 9.17) is 10.8 Å². The molecule has 0 N–H and O–H groups in total. The van der Waals surface area contributed by atoms with Crippen molar-refractivity contribution >= 4 is 8.32 Å². The summed E-state index contributed by atoms with van der Waals surface area (Å²) >= 11 is 0. The zero-order valence-electron chi connectivity index (χ0n) is 14.2. The molecule has 0 aliphatic carbocycles. The van der Waals surface area contributed by atoms with Crippen molar-refractivity contribution in [1.29, 1.82) is 0 Å². The summed E-state index contributed by atoms with van der Waals surface area (Å²) in [6.07, 6.45) is 11.9. The first kappa shape index (κ1) is 18.7. The first-order valence-electron chi connectivity index (χ1n) is 7.78. The van der Waals surface area contributed by atoms with Crippen molar-refractivity contribution in [3.63, 3.8) is 0 Å². The molecule has 0 saturated heterocycles. The van der Waals surface area contributed by atoms with Gasteiger partial charge in [-0.25, -0.2) is 0 Å². The van der Waals surface area contributed by atoms with Gasteiger partial charge in [0, 0.05) is 0 Å². The molecule has 0 aromatic carbocycles. The molecule has 0 heterocycles. The summed E-state index contributed by atoms with van der Waals surface area (Å²) in [4.78, 5) is 0. The van der Waals surface area contributed by atoms with Crippen molar-refractivity contribution in [3.8, 4) is 12.3 Å². The Morgan fingerprint density at radius 3 is 2.21 bits per heavy atom. The van der Waals surface area contributed by atoms with Crippen LogP contribution in [0.25, 0.3) is 0 Å². The van der Waals surface area contributed by atoms with Gasteiger partial charge >= 0.3 is 0 Å². The highest BCUT2D eigenvalue weighted by Gasteiger charge is 2.39. The lowest BCUT2D eigenvalue weighted by Gasteiger charge is -2.38. The lowest BCUT2D eigenvalue weighted by atomic mass is 9.97. The molecule has 112 valence electrons. The van der Waals surface area contributed by atoms with E-state index in [-0.39, 0.29) is 11.1 Å². The number of hydrogen-bond donors (Lipinski definition) is 0. The molecule has 0 aromatic heterocycles. The van der Waals surface area contributed by atoms with E-state index in [1.54, 1.807) is 0 Å². The molecule has 0 spiro atoms. The Hall–Kier alpha value is -0.263. The minimum absolute atomic E-state index is 0.00230. The summed E-state index contributed by atoms with van der Waals surface area (Å²) in [5.41, 5.74) is 0. The number of terminal acetylenes is 1. The Kier molecular flexibility index (Phi) is 8.01. The van der Waals surface area contributed by atoms with Crippen LogP contribution in [0.2, 0.25) is 18.1 Å². The van der Waals surface area contributed by atoms with Gasteiger partial charge in [-0.15, -0.1) is 6.42 Å². The fourth-order valence-electron chi connectivity index (χ4n) is 1.91. The van der Waals surface area contributed by atoms with Crippen LogP contribution >= 0.6 is 0 Å². The topological polar surface area (TPSA) is 9.23 Å². The molecule has 19 heavy (non-hydrogen) atoms. The van der Waals surface area contributed by atoms with Gasteiger partial charge in [0.2, 0.25) is 0 Å². The van der Waals surface area contributed by atoms with Crippen LogP contribution in [0.1, 0.15) is 66.7 Å². The second-order valence-corrected chi connectivity index (χ2v) is 12.1. The number of rotatable bonds is 8. The lowest BCUT2D eigenvalue weighted by Crippen LogP contribution is -2.44. The van der Waals surface area contributed by atoms with E-state index in [2.05, 4.69) is 53.6 Å². The largest absolute Gasteiger partial charge is 0.403 e. The van der Waals surface area contributed by atoms with E-state index in [1.165, 1.54) is 25.7 Å². The maximum absolute atomic E-state index is 6.33. The predicted molar refractivity (Wildman–Crippen MR) is 88.8 cm³/mol. The van der Waals surface area contributed by atoms with Crippen LogP contribution in [0.15, 0.2) is 0 Å². The molecule has 0 aliphatic rings. The van der Waals surface area contributed by atoms with Gasteiger partial charge < -0.3 is 4.43 Å². The zero-order chi connectivity index (χ0) is 15.1. The van der Waals surface area contributed by atoms with Crippen LogP contribution in [0, 0.1) is 18.3 Å². The molecule has 1 unspecified atom stereocenters. The summed E-state index contributed by atoms with van der Waals surface area (Å²) in [5, 5.41) is 0.230. The van der Waals surface area contributed by atoms with Crippen molar-refractivity contribution in [3.05, 3.63) is 0 Å². The molecule has 0 fully saturated rings. The van der Waals surface area contributed by atoms with Crippen LogP contribution in [0.4, 0.5) is 0 Å². The Bertz CT molecular complexity index is 283. The fourth-order valence-corrected chi connectivity index (χ4v) is 3.14. The Labute approximate surface area is 122 Å². The normalized spacial score (nSPS) is 15.9. The highest BCUT2D eigenvalue weighted by atomic mass is 28.4. The first-order chi connectivity index (χ1) is 8.64. The van der Waals surface area contributed by atoms with Gasteiger partial charge in [-0.2, -0.15) is 0 Å². The standard InChI is InChI=1S/C17H34OSi/c1-9-11-12-13-15(3)14-16(10-2)18-19(7,8)17(4,5)6/h2,15-16H,9,11-14H2,1,3-8H3/t15?,16-/m1/s1. The number of unbranched alkanes of at least 4 members (excludes halogenated alkanes) is 2. The van der Waals surface area contributed by atoms with Crippen molar-refractivity contribution in [1.82, 2.24) is 0 Å². The second kappa shape index (κ2) is 8.12. The van der Waals surface area contributed by atoms with Crippen molar-refractivity contribution in [2.75, 3.05) is 0 Å². The third kappa shape index (κ3) is 7.18. The van der Waals surface area contributed by atoms with Gasteiger partial charge in [-0.3, -0.25) is 0 Å². The summed E-state index contributed by atoms with van der Waals surface area (Å²) in [6.45, 7) is 15.9. The minimum Gasteiger partial charge on any atom is -0.403 e. The second-order valence-electron chi connectivity index (χ2n) is 7.37. The molecule has 0 bridgehead atoms. The van der Waals surface area contributed by atoms with Crippen molar-refractivity contribution in [2.24, 2.45) is 5.92 Å². The maximum atomic E-state index is 6.33. The predicted octanol–water partition coefficient (Wildman–Crippen LogP) is 5.62. The SMILES string of the molecule is C#C[C@H](CC(C)CCCCC)O[Si](C)(C)C(C)(C)C. The molecule has 2 heteroatoms. The molecule has 0 aromatic rings. The van der Waals surface area contributed by atoms with Gasteiger partial charge in [0.25, 0.3) is 0 Å². The number of hydrogen-bond acceptors (Lipinski definition) is 1. The van der Waals surface area contributed by atoms with Crippen LogP contribution in [0.3, 0.4) is 0 Å². The summed E-state index contributed by atoms with van der Waals surface area (Å²) < 4.78 is 6.33. The smallest absolute Gasteiger partial charge is 0.193 e. The molecule has 2 atom stereocenters. The van der Waals surface area contributed by atoms with Crippen LogP contribution in [0.5, 0.6) is 0 Å². The van der Waals surface area contributed by atoms with E-state index < -0.39 is 8.32 Å². The summed E-state index contributed by atoms with van der Waals surface area (Å²) in [6, 6.07) is 0. The van der Waals surface area contributed by atoms with E-state index in [0.717, 1.165) is 6.42 Å². The van der Waals surface area contributed by atoms with E-state index in [0.29, 0.717) is 5.92 Å². The monoisotopic (exact) mass is 282 g/mol. The molecule has 1 nitrogen and oxygen atoms in total. The lowest BCUT2D eigenvalue weighted by molar-refractivity contribution is 0.199. The van der Waals surface area contributed by atoms with Crippen LogP contribution < -0.4 is 0 Å². The third-order valence-electron chi connectivity index (χ3n) is 4.35. The van der Waals surface area contributed by atoms with E-state index in [9.17, 15) is 0 Å². The molecule has 0 aliphatic heterocycles. The highest BCUT2D eigenvalue weighted by molar-refractivity contribution is 6.74. The zero-order valence-corrected chi connectivity index (χ0v) is 15.2. The quantitative estimate of drug-likeness (QED) is 0.319. The van der Waals surface area contributed by atoms with Crippen molar-refractivity contribution < 1.29 is 4.43 Å². The molecular weight excluding hydrogens is 248 g/mol. The average molecular weight is 283 g/mol. The van der Waals surface area contributed by atoms with Gasteiger partial charge in [0.15, 0.2) is 8.32 Å². The van der Waals surface area contributed by atoms with Gasteiger partial charge in [-0.1, -0.05) is 66.2 Å². The van der Waals surface area contributed by atoms with Gasteiger partial charge in [0.05, 0.1) is 0 Å². The first-order valence-corrected chi connectivity index (χ1v) is 10.7. The van der Waals surface area contributed by atoms with E-state index >= 15 is 0 Å². The fraction of sp³-hybridized carbons (Fsp3) is 0.882. The molecule has 0 rings (SSSR count). The molecule has 0 amide bonds. The Balaban J connectivity index is 4.33. The average Bonchev–Trinajstić information content (AvgIpc) is 2.26. The minimum atomic E-state index is -1.74. The van der Waals surface area contributed by atoms with Crippen molar-refractivity contribution in [2.45, 2.75) is 91.0 Å². The highest BCUT2D eigenvalue weighted by Crippen LogP contribution is 2.38. The van der Waals surface area contributed by atoms with Gasteiger partial charge in [-0.05, 0) is 30.5 Å². The Morgan fingerprint density at radius 1 is 1.21 bits per heavy atom. The summed E-state index contributed by atoms with van der Waals surface area (Å²) in [5.74, 6) is 3.53. The van der Waals surface area contributed by atoms with E-state index in [1.807, 2.05) is 0 Å². The molecule has 0 saturated carbocycles. The van der Waals surface area contributed by atoms with Crippen LogP contribution in [-0.2, 0) is 4.43 Å². The third-order valence-corrected chi connectivity index (χ3v) is 8.83. The van der Waals surface area contributed by atoms with Crippen LogP contribution in [-0.4, -0.2) is 14.4 Å². The maximum Gasteiger partial charge on any atom is 0.193 e. The summed E-state index contributed by atoms with van der Waals surface area (Å²) in [7, 11) is -1.74. The Morgan fingerprint density at radius 2 is 1.79 bits per heavy atom. The molecular formula is C17H34OSi. The van der Waals surface area contributed by atoms with Gasteiger partial charge in [0.1, 0.15) is 6.10 Å².